The number of nitrogens with zero attached hydrogens (tertiary/aromatic N) is 2. The number of morpholine rings is 1. The number of thioether (sulfide) groups is 1. The number of aliphatic hydroxyl groups excluding tert-OH is 1. The quantitative estimate of drug-likeness (QED) is 0.322. The lowest BCUT2D eigenvalue weighted by Crippen LogP contribution is -2.57. The normalized spacial score (nSPS) is 31.3. The Balaban J connectivity index is 1.35. The van der Waals surface area contributed by atoms with Gasteiger partial charge in [0.1, 0.15) is 11.8 Å². The Morgan fingerprint density at radius 3 is 2.60 bits per heavy atom. The van der Waals surface area contributed by atoms with Crippen LogP contribution in [0.2, 0.25) is 0 Å². The number of likely N-dealkylation sites (tertiary alicyclic amines) is 1. The molecule has 4 aliphatic heterocycles. The van der Waals surface area contributed by atoms with Gasteiger partial charge in [0.15, 0.2) is 0 Å². The summed E-state index contributed by atoms with van der Waals surface area (Å²) in [4.78, 5) is 45.7. The van der Waals surface area contributed by atoms with Crippen molar-refractivity contribution in [3.63, 3.8) is 0 Å². The molecule has 2 bridgehead atoms. The van der Waals surface area contributed by atoms with Crippen molar-refractivity contribution in [1.29, 1.82) is 0 Å². The van der Waals surface area contributed by atoms with E-state index in [9.17, 15) is 19.5 Å². The van der Waals surface area contributed by atoms with Gasteiger partial charge in [0.25, 0.3) is 0 Å². The van der Waals surface area contributed by atoms with Gasteiger partial charge in [-0.1, -0.05) is 6.92 Å². The summed E-state index contributed by atoms with van der Waals surface area (Å²) >= 11 is 1.68. The maximum Gasteiger partial charge on any atom is 0.244 e. The summed E-state index contributed by atoms with van der Waals surface area (Å²) in [7, 11) is 0. The zero-order valence-corrected chi connectivity index (χ0v) is 24.3. The molecule has 4 heterocycles. The van der Waals surface area contributed by atoms with Crippen molar-refractivity contribution in [3.05, 3.63) is 24.3 Å². The van der Waals surface area contributed by atoms with E-state index in [1.165, 1.54) is 0 Å². The second-order valence-electron chi connectivity index (χ2n) is 11.2. The van der Waals surface area contributed by atoms with Crippen LogP contribution in [0.3, 0.4) is 0 Å². The maximum absolute atomic E-state index is 14.1. The van der Waals surface area contributed by atoms with Gasteiger partial charge < -0.3 is 30.1 Å². The summed E-state index contributed by atoms with van der Waals surface area (Å²) in [5.74, 6) is -0.637. The SMILES string of the molecule is CCOc1ccc(NC(=O)[C@@H]2[C@@H]3CC(C)C4(S3)C(C(=O)NCCN3CCOCC3)N(CCCCO)C(=O)[C@H]24)cc1. The molecule has 10 nitrogen and oxygen atoms in total. The Morgan fingerprint density at radius 1 is 1.15 bits per heavy atom. The number of carbonyl (C=O) groups excluding carboxylic acids is 3. The number of amides is 3. The highest BCUT2D eigenvalue weighted by atomic mass is 32.2. The van der Waals surface area contributed by atoms with Gasteiger partial charge in [0, 0.05) is 50.3 Å². The molecule has 40 heavy (non-hydrogen) atoms. The Labute approximate surface area is 240 Å². The van der Waals surface area contributed by atoms with Crippen molar-refractivity contribution in [1.82, 2.24) is 15.1 Å². The molecule has 0 aromatic heterocycles. The first kappa shape index (κ1) is 29.2. The second kappa shape index (κ2) is 12.7. The predicted molar refractivity (Wildman–Crippen MR) is 153 cm³/mol. The van der Waals surface area contributed by atoms with Crippen molar-refractivity contribution in [2.24, 2.45) is 17.8 Å². The van der Waals surface area contributed by atoms with Gasteiger partial charge >= 0.3 is 0 Å². The molecular weight excluding hydrogens is 532 g/mol. The van der Waals surface area contributed by atoms with Gasteiger partial charge in [-0.05, 0) is 56.4 Å². The molecule has 0 aliphatic carbocycles. The van der Waals surface area contributed by atoms with E-state index in [4.69, 9.17) is 9.47 Å². The largest absolute Gasteiger partial charge is 0.494 e. The average Bonchev–Trinajstić information content (AvgIpc) is 3.54. The van der Waals surface area contributed by atoms with E-state index in [-0.39, 0.29) is 35.5 Å². The lowest BCUT2D eigenvalue weighted by molar-refractivity contribution is -0.139. The number of ether oxygens (including phenoxy) is 2. The smallest absolute Gasteiger partial charge is 0.244 e. The molecule has 11 heteroatoms. The highest BCUT2D eigenvalue weighted by Gasteiger charge is 2.75. The third kappa shape index (κ3) is 5.45. The van der Waals surface area contributed by atoms with Crippen LogP contribution in [0.5, 0.6) is 5.75 Å². The number of hydrogen-bond acceptors (Lipinski definition) is 8. The van der Waals surface area contributed by atoms with Crippen molar-refractivity contribution < 1.29 is 29.0 Å². The molecule has 1 spiro atoms. The monoisotopic (exact) mass is 574 g/mol. The van der Waals surface area contributed by atoms with Crippen LogP contribution >= 0.6 is 11.8 Å². The molecule has 4 saturated heterocycles. The van der Waals surface area contributed by atoms with E-state index in [1.54, 1.807) is 16.7 Å². The molecule has 3 N–H and O–H groups in total. The minimum Gasteiger partial charge on any atom is -0.494 e. The number of unbranched alkanes of at least 4 members (excludes halogenated alkanes) is 1. The standard InChI is InChI=1S/C29H42N4O6S/c1-3-39-21-8-6-20(7-9-21)31-26(35)23-22-18-19(2)29(40-22)24(23)28(37)33(11-4-5-15-34)25(29)27(36)30-10-12-32-13-16-38-17-14-32/h6-9,19,22-25,34H,3-5,10-18H2,1-2H3,(H,30,36)(H,31,35)/t19?,22-,23+,24-,25?,29?/m0/s1. The van der Waals surface area contributed by atoms with Crippen LogP contribution in [0.25, 0.3) is 0 Å². The molecule has 5 rings (SSSR count). The van der Waals surface area contributed by atoms with E-state index < -0.39 is 22.6 Å². The van der Waals surface area contributed by atoms with E-state index in [0.717, 1.165) is 31.8 Å². The van der Waals surface area contributed by atoms with E-state index >= 15 is 0 Å². The lowest BCUT2D eigenvalue weighted by atomic mass is 9.66. The molecule has 4 aliphatic rings. The summed E-state index contributed by atoms with van der Waals surface area (Å²) in [6.45, 7) is 9.35. The first-order valence-electron chi connectivity index (χ1n) is 14.6. The molecule has 4 fully saturated rings. The fourth-order valence-electron chi connectivity index (χ4n) is 7.04. The summed E-state index contributed by atoms with van der Waals surface area (Å²) in [6, 6.07) is 6.62. The van der Waals surface area contributed by atoms with Crippen molar-refractivity contribution >= 4 is 35.2 Å². The summed E-state index contributed by atoms with van der Waals surface area (Å²) < 4.78 is 10.3. The Kier molecular flexibility index (Phi) is 9.24. The minimum absolute atomic E-state index is 0.0186. The third-order valence-corrected chi connectivity index (χ3v) is 10.9. The van der Waals surface area contributed by atoms with Crippen molar-refractivity contribution in [3.8, 4) is 5.75 Å². The molecule has 3 amide bonds. The van der Waals surface area contributed by atoms with Crippen LogP contribution in [0.4, 0.5) is 5.69 Å². The average molecular weight is 575 g/mol. The first-order valence-corrected chi connectivity index (χ1v) is 15.5. The highest BCUT2D eigenvalue weighted by Crippen LogP contribution is 2.68. The molecule has 3 unspecified atom stereocenters. The van der Waals surface area contributed by atoms with E-state index in [0.29, 0.717) is 51.4 Å². The van der Waals surface area contributed by atoms with Crippen LogP contribution < -0.4 is 15.4 Å². The molecule has 6 atom stereocenters. The Bertz CT molecular complexity index is 1070. The number of fused-ring (bicyclic) bond motifs is 1. The maximum atomic E-state index is 14.1. The van der Waals surface area contributed by atoms with Crippen LogP contribution in [0.1, 0.15) is 33.1 Å². The number of aliphatic hydroxyl groups is 1. The van der Waals surface area contributed by atoms with Crippen molar-refractivity contribution in [2.45, 2.75) is 49.1 Å². The third-order valence-electron chi connectivity index (χ3n) is 8.87. The molecule has 1 aromatic rings. The molecule has 220 valence electrons. The number of carbonyl (C=O) groups is 3. The van der Waals surface area contributed by atoms with Crippen molar-refractivity contribution in [2.75, 3.05) is 64.5 Å². The number of hydrogen-bond donors (Lipinski definition) is 3. The fourth-order valence-corrected chi connectivity index (χ4v) is 9.46. The summed E-state index contributed by atoms with van der Waals surface area (Å²) in [5, 5.41) is 15.5. The Morgan fingerprint density at radius 2 is 1.90 bits per heavy atom. The molecule has 0 radical (unpaired) electrons. The topological polar surface area (TPSA) is 120 Å². The summed E-state index contributed by atoms with van der Waals surface area (Å²) in [5.41, 5.74) is 0.658. The van der Waals surface area contributed by atoms with Crippen LogP contribution in [0.15, 0.2) is 24.3 Å². The van der Waals surface area contributed by atoms with Gasteiger partial charge in [-0.15, -0.1) is 11.8 Å². The number of anilines is 1. The number of rotatable bonds is 12. The van der Waals surface area contributed by atoms with Crippen LogP contribution in [-0.4, -0.2) is 108 Å². The number of benzene rings is 1. The van der Waals surface area contributed by atoms with Gasteiger partial charge in [-0.25, -0.2) is 0 Å². The lowest BCUT2D eigenvalue weighted by Gasteiger charge is -2.38. The second-order valence-corrected chi connectivity index (χ2v) is 12.8. The van der Waals surface area contributed by atoms with Gasteiger partial charge in [-0.2, -0.15) is 0 Å². The first-order chi connectivity index (χ1) is 19.4. The Hall–Kier alpha value is -2.34. The minimum atomic E-state index is -0.648. The fraction of sp³-hybridized carbons (Fsp3) is 0.690. The zero-order chi connectivity index (χ0) is 28.3. The van der Waals surface area contributed by atoms with E-state index in [1.807, 2.05) is 31.2 Å². The van der Waals surface area contributed by atoms with Crippen LogP contribution in [-0.2, 0) is 19.1 Å². The molecule has 0 saturated carbocycles. The van der Waals surface area contributed by atoms with Gasteiger partial charge in [0.2, 0.25) is 17.7 Å². The zero-order valence-electron chi connectivity index (χ0n) is 23.5. The van der Waals surface area contributed by atoms with Gasteiger partial charge in [-0.3, -0.25) is 19.3 Å². The number of nitrogens with one attached hydrogen (secondary N) is 2. The highest BCUT2D eigenvalue weighted by molar-refractivity contribution is 8.02. The van der Waals surface area contributed by atoms with E-state index in [2.05, 4.69) is 22.5 Å². The predicted octanol–water partition coefficient (Wildman–Crippen LogP) is 1.58. The van der Waals surface area contributed by atoms with Crippen LogP contribution in [0, 0.1) is 17.8 Å². The molecule has 1 aromatic carbocycles. The molecular formula is C29H42N4O6S. The van der Waals surface area contributed by atoms with Gasteiger partial charge in [0.05, 0.1) is 36.4 Å². The summed E-state index contributed by atoms with van der Waals surface area (Å²) in [6.07, 6.45) is 1.95.